The lowest BCUT2D eigenvalue weighted by molar-refractivity contribution is -0.131. The molecule has 2 amide bonds. The van der Waals surface area contributed by atoms with E-state index in [1.54, 1.807) is 18.2 Å². The number of carbonyl (C=O) groups is 2. The zero-order chi connectivity index (χ0) is 22.8. The van der Waals surface area contributed by atoms with Gasteiger partial charge in [-0.2, -0.15) is 0 Å². The second-order valence-corrected chi connectivity index (χ2v) is 8.35. The monoisotopic (exact) mass is 446 g/mol. The standard InChI is InChI=1S/C26H23FN2O4/c27-23-13-22(7-4-18(23)9-17-3-8-24-19(10-17)12-25(30)29-24)33-21-5-1-16(2-6-21)11-20-14-32-15-26(31)28-20/h1-2,4-10,13,20H,3,11-12,14-15H2,(H,28,31)(H,29,30). The summed E-state index contributed by atoms with van der Waals surface area (Å²) in [6.45, 7) is 0.610. The highest BCUT2D eigenvalue weighted by molar-refractivity contribution is 5.87. The fourth-order valence-electron chi connectivity index (χ4n) is 4.17. The minimum Gasteiger partial charge on any atom is -0.457 e. The molecule has 2 aromatic carbocycles. The number of hydrogen-bond acceptors (Lipinski definition) is 4. The largest absolute Gasteiger partial charge is 0.457 e. The second kappa shape index (κ2) is 9.03. The Hall–Kier alpha value is -3.71. The summed E-state index contributed by atoms with van der Waals surface area (Å²) < 4.78 is 25.8. The predicted molar refractivity (Wildman–Crippen MR) is 121 cm³/mol. The molecule has 1 unspecified atom stereocenters. The molecular weight excluding hydrogens is 423 g/mol. The second-order valence-electron chi connectivity index (χ2n) is 8.35. The molecule has 2 heterocycles. The molecule has 3 aliphatic rings. The first-order valence-electron chi connectivity index (χ1n) is 10.9. The molecule has 2 aliphatic heterocycles. The summed E-state index contributed by atoms with van der Waals surface area (Å²) in [5.74, 6) is 0.522. The summed E-state index contributed by atoms with van der Waals surface area (Å²) in [6, 6.07) is 12.2. The zero-order valence-electron chi connectivity index (χ0n) is 17.9. The molecule has 0 bridgehead atoms. The lowest BCUT2D eigenvalue weighted by atomic mass is 9.97. The van der Waals surface area contributed by atoms with Crippen molar-refractivity contribution >= 4 is 17.9 Å². The number of benzene rings is 2. The smallest absolute Gasteiger partial charge is 0.246 e. The van der Waals surface area contributed by atoms with Gasteiger partial charge in [0.25, 0.3) is 0 Å². The normalized spacial score (nSPS) is 21.1. The number of amides is 2. The van der Waals surface area contributed by atoms with E-state index in [9.17, 15) is 14.0 Å². The van der Waals surface area contributed by atoms with Gasteiger partial charge in [0.05, 0.1) is 19.1 Å². The molecule has 6 nitrogen and oxygen atoms in total. The SMILES string of the molecule is O=C1CC2=CC(=Cc3ccc(Oc4ccc(CC5COCC(=O)N5)cc4)cc3F)CC=C2N1. The van der Waals surface area contributed by atoms with Crippen LogP contribution in [-0.4, -0.2) is 31.1 Å². The number of carbonyl (C=O) groups excluding carboxylic acids is 2. The molecule has 2 aromatic rings. The van der Waals surface area contributed by atoms with Crippen LogP contribution in [0.2, 0.25) is 0 Å². The first-order chi connectivity index (χ1) is 16.0. The maximum absolute atomic E-state index is 14.7. The predicted octanol–water partition coefficient (Wildman–Crippen LogP) is 3.79. The molecule has 7 heteroatoms. The number of allylic oxidation sites excluding steroid dienone is 4. The van der Waals surface area contributed by atoms with E-state index >= 15 is 0 Å². The van der Waals surface area contributed by atoms with Crippen LogP contribution >= 0.6 is 0 Å². The first kappa shape index (κ1) is 21.2. The number of morpholine rings is 1. The first-order valence-corrected chi connectivity index (χ1v) is 10.9. The quantitative estimate of drug-likeness (QED) is 0.733. The number of hydrogen-bond donors (Lipinski definition) is 2. The Morgan fingerprint density at radius 2 is 1.91 bits per heavy atom. The maximum atomic E-state index is 14.7. The van der Waals surface area contributed by atoms with E-state index in [1.807, 2.05) is 36.4 Å². The molecule has 2 saturated heterocycles. The summed E-state index contributed by atoms with van der Waals surface area (Å²) in [6.07, 6.45) is 7.37. The molecule has 33 heavy (non-hydrogen) atoms. The minimum atomic E-state index is -0.376. The summed E-state index contributed by atoms with van der Waals surface area (Å²) in [5, 5.41) is 5.73. The van der Waals surface area contributed by atoms with Crippen molar-refractivity contribution in [1.29, 1.82) is 0 Å². The molecule has 0 radical (unpaired) electrons. The number of nitrogens with one attached hydrogen (secondary N) is 2. The van der Waals surface area contributed by atoms with E-state index in [-0.39, 0.29) is 30.3 Å². The Kier molecular flexibility index (Phi) is 5.79. The lowest BCUT2D eigenvalue weighted by Gasteiger charge is -2.23. The summed E-state index contributed by atoms with van der Waals surface area (Å²) in [5.41, 5.74) is 4.27. The van der Waals surface area contributed by atoms with Gasteiger partial charge in [-0.1, -0.05) is 24.3 Å². The van der Waals surface area contributed by atoms with Gasteiger partial charge in [-0.05, 0) is 59.9 Å². The van der Waals surface area contributed by atoms with Crippen molar-refractivity contribution < 1.29 is 23.5 Å². The van der Waals surface area contributed by atoms with Crippen LogP contribution < -0.4 is 15.4 Å². The van der Waals surface area contributed by atoms with Gasteiger partial charge in [-0.15, -0.1) is 0 Å². The third kappa shape index (κ3) is 5.04. The zero-order valence-corrected chi connectivity index (χ0v) is 17.9. The van der Waals surface area contributed by atoms with Crippen molar-refractivity contribution in [3.63, 3.8) is 0 Å². The van der Waals surface area contributed by atoms with E-state index in [0.717, 1.165) is 22.4 Å². The third-order valence-electron chi connectivity index (χ3n) is 5.74. The highest BCUT2D eigenvalue weighted by Gasteiger charge is 2.23. The highest BCUT2D eigenvalue weighted by Crippen LogP contribution is 2.30. The van der Waals surface area contributed by atoms with Crippen molar-refractivity contribution in [2.75, 3.05) is 13.2 Å². The molecule has 1 aliphatic carbocycles. The van der Waals surface area contributed by atoms with Crippen LogP contribution in [0.25, 0.3) is 6.08 Å². The molecule has 0 aromatic heterocycles. The molecule has 0 spiro atoms. The van der Waals surface area contributed by atoms with E-state index in [4.69, 9.17) is 9.47 Å². The summed E-state index contributed by atoms with van der Waals surface area (Å²) in [4.78, 5) is 23.0. The highest BCUT2D eigenvalue weighted by atomic mass is 19.1. The molecule has 168 valence electrons. The number of rotatable bonds is 5. The summed E-state index contributed by atoms with van der Waals surface area (Å²) in [7, 11) is 0. The molecular formula is C26H23FN2O4. The van der Waals surface area contributed by atoms with Crippen molar-refractivity contribution in [3.05, 3.63) is 88.4 Å². The van der Waals surface area contributed by atoms with E-state index < -0.39 is 0 Å². The molecule has 5 rings (SSSR count). The topological polar surface area (TPSA) is 76.7 Å². The molecule has 2 fully saturated rings. The van der Waals surface area contributed by atoms with Gasteiger partial charge in [0.2, 0.25) is 11.8 Å². The Bertz CT molecular complexity index is 1200. The third-order valence-corrected chi connectivity index (χ3v) is 5.74. The fourth-order valence-corrected chi connectivity index (χ4v) is 4.17. The van der Waals surface area contributed by atoms with Crippen molar-refractivity contribution in [2.24, 2.45) is 0 Å². The van der Waals surface area contributed by atoms with Crippen molar-refractivity contribution in [2.45, 2.75) is 25.3 Å². The van der Waals surface area contributed by atoms with Crippen molar-refractivity contribution in [1.82, 2.24) is 10.6 Å². The Morgan fingerprint density at radius 3 is 2.70 bits per heavy atom. The lowest BCUT2D eigenvalue weighted by Crippen LogP contribution is -2.46. The average Bonchev–Trinajstić information content (AvgIpc) is 3.16. The number of fused-ring (bicyclic) bond motifs is 1. The van der Waals surface area contributed by atoms with Gasteiger partial charge >= 0.3 is 0 Å². The van der Waals surface area contributed by atoms with Crippen LogP contribution in [0.3, 0.4) is 0 Å². The van der Waals surface area contributed by atoms with Crippen LogP contribution in [0.1, 0.15) is 24.0 Å². The Balaban J connectivity index is 1.23. The van der Waals surface area contributed by atoms with Gasteiger partial charge in [0.15, 0.2) is 0 Å². The average molecular weight is 446 g/mol. The Morgan fingerprint density at radius 1 is 1.09 bits per heavy atom. The van der Waals surface area contributed by atoms with E-state index in [0.29, 0.717) is 42.9 Å². The molecule has 2 N–H and O–H groups in total. The van der Waals surface area contributed by atoms with Crippen LogP contribution in [-0.2, 0) is 20.7 Å². The maximum Gasteiger partial charge on any atom is 0.246 e. The fraction of sp³-hybridized carbons (Fsp3) is 0.231. The van der Waals surface area contributed by atoms with Crippen LogP contribution in [0.15, 0.2) is 71.5 Å². The van der Waals surface area contributed by atoms with Crippen LogP contribution in [0.5, 0.6) is 11.5 Å². The number of ether oxygens (including phenoxy) is 2. The minimum absolute atomic E-state index is 0.00997. The summed E-state index contributed by atoms with van der Waals surface area (Å²) >= 11 is 0. The number of halogens is 1. The van der Waals surface area contributed by atoms with Gasteiger partial charge in [0.1, 0.15) is 23.9 Å². The van der Waals surface area contributed by atoms with Gasteiger partial charge < -0.3 is 20.1 Å². The van der Waals surface area contributed by atoms with Gasteiger partial charge in [-0.25, -0.2) is 4.39 Å². The van der Waals surface area contributed by atoms with Gasteiger partial charge in [-0.3, -0.25) is 9.59 Å². The Labute approximate surface area is 190 Å². The van der Waals surface area contributed by atoms with Crippen LogP contribution in [0, 0.1) is 5.82 Å². The molecule has 0 saturated carbocycles. The molecule has 1 atom stereocenters. The van der Waals surface area contributed by atoms with Gasteiger partial charge in [0, 0.05) is 17.3 Å². The van der Waals surface area contributed by atoms with E-state index in [1.165, 1.54) is 6.07 Å². The van der Waals surface area contributed by atoms with E-state index in [2.05, 4.69) is 10.6 Å². The van der Waals surface area contributed by atoms with Crippen LogP contribution in [0.4, 0.5) is 4.39 Å². The van der Waals surface area contributed by atoms with Crippen molar-refractivity contribution in [3.8, 4) is 11.5 Å².